The molecular weight excluding hydrogens is 140 g/mol. The van der Waals surface area contributed by atoms with E-state index in [9.17, 15) is 5.11 Å². The highest BCUT2D eigenvalue weighted by molar-refractivity contribution is 5.40. The second-order valence-electron chi connectivity index (χ2n) is 2.87. The van der Waals surface area contributed by atoms with Crippen molar-refractivity contribution in [1.29, 1.82) is 0 Å². The average molecular weight is 150 g/mol. The SMILES string of the molecule is Cc1ccc2c(c1)C(O)CO2. The lowest BCUT2D eigenvalue weighted by Crippen LogP contribution is -1.97. The first-order chi connectivity index (χ1) is 5.27. The summed E-state index contributed by atoms with van der Waals surface area (Å²) in [5.74, 6) is 0.822. The Bertz CT molecular complexity index is 281. The Kier molecular flexibility index (Phi) is 1.36. The quantitative estimate of drug-likeness (QED) is 0.606. The molecule has 1 unspecified atom stereocenters. The fourth-order valence-electron chi connectivity index (χ4n) is 1.32. The minimum atomic E-state index is -0.426. The van der Waals surface area contributed by atoms with Crippen LogP contribution in [-0.4, -0.2) is 11.7 Å². The molecule has 1 aliphatic rings. The summed E-state index contributed by atoms with van der Waals surface area (Å²) in [7, 11) is 0. The van der Waals surface area contributed by atoms with Crippen LogP contribution in [0.5, 0.6) is 5.75 Å². The van der Waals surface area contributed by atoms with Gasteiger partial charge in [-0.1, -0.05) is 11.6 Å². The lowest BCUT2D eigenvalue weighted by atomic mass is 10.1. The fourth-order valence-corrected chi connectivity index (χ4v) is 1.32. The first-order valence-corrected chi connectivity index (χ1v) is 3.69. The highest BCUT2D eigenvalue weighted by atomic mass is 16.5. The maximum absolute atomic E-state index is 9.38. The number of aliphatic hydroxyl groups excluding tert-OH is 1. The van der Waals surface area contributed by atoms with Crippen molar-refractivity contribution in [1.82, 2.24) is 0 Å². The van der Waals surface area contributed by atoms with E-state index < -0.39 is 6.10 Å². The van der Waals surface area contributed by atoms with Crippen LogP contribution in [-0.2, 0) is 0 Å². The molecule has 0 fully saturated rings. The average Bonchev–Trinajstić information content (AvgIpc) is 2.33. The van der Waals surface area contributed by atoms with Gasteiger partial charge in [0.2, 0.25) is 0 Å². The number of aryl methyl sites for hydroxylation is 1. The van der Waals surface area contributed by atoms with Crippen molar-refractivity contribution in [2.24, 2.45) is 0 Å². The molecule has 58 valence electrons. The molecule has 0 amide bonds. The lowest BCUT2D eigenvalue weighted by molar-refractivity contribution is 0.140. The molecule has 1 aromatic carbocycles. The van der Waals surface area contributed by atoms with E-state index in [1.54, 1.807) is 0 Å². The predicted molar refractivity (Wildman–Crippen MR) is 41.6 cm³/mol. The largest absolute Gasteiger partial charge is 0.490 e. The topological polar surface area (TPSA) is 29.5 Å². The lowest BCUT2D eigenvalue weighted by Gasteiger charge is -1.99. The summed E-state index contributed by atoms with van der Waals surface area (Å²) in [4.78, 5) is 0. The van der Waals surface area contributed by atoms with Crippen molar-refractivity contribution < 1.29 is 9.84 Å². The smallest absolute Gasteiger partial charge is 0.125 e. The molecule has 1 aliphatic heterocycles. The van der Waals surface area contributed by atoms with Gasteiger partial charge in [0.25, 0.3) is 0 Å². The third-order valence-electron chi connectivity index (χ3n) is 1.92. The maximum atomic E-state index is 9.38. The number of rotatable bonds is 0. The van der Waals surface area contributed by atoms with Crippen molar-refractivity contribution >= 4 is 0 Å². The normalized spacial score (nSPS) is 21.1. The maximum Gasteiger partial charge on any atom is 0.125 e. The van der Waals surface area contributed by atoms with Gasteiger partial charge in [-0.2, -0.15) is 0 Å². The van der Waals surface area contributed by atoms with E-state index in [0.717, 1.165) is 16.9 Å². The Morgan fingerprint density at radius 3 is 3.18 bits per heavy atom. The van der Waals surface area contributed by atoms with Gasteiger partial charge in [0.1, 0.15) is 18.5 Å². The monoisotopic (exact) mass is 150 g/mol. The van der Waals surface area contributed by atoms with Crippen molar-refractivity contribution in [2.75, 3.05) is 6.61 Å². The standard InChI is InChI=1S/C9H10O2/c1-6-2-3-9-7(4-6)8(10)5-11-9/h2-4,8,10H,5H2,1H3. The van der Waals surface area contributed by atoms with Crippen molar-refractivity contribution in [3.05, 3.63) is 29.3 Å². The second-order valence-corrected chi connectivity index (χ2v) is 2.87. The summed E-state index contributed by atoms with van der Waals surface area (Å²) < 4.78 is 5.22. The number of hydrogen-bond donors (Lipinski definition) is 1. The molecule has 1 heterocycles. The molecule has 2 heteroatoms. The fraction of sp³-hybridized carbons (Fsp3) is 0.333. The van der Waals surface area contributed by atoms with E-state index in [2.05, 4.69) is 0 Å². The molecule has 0 spiro atoms. The van der Waals surface area contributed by atoms with Gasteiger partial charge in [0.05, 0.1) is 0 Å². The van der Waals surface area contributed by atoms with Gasteiger partial charge >= 0.3 is 0 Å². The van der Waals surface area contributed by atoms with Crippen LogP contribution in [0, 0.1) is 6.92 Å². The summed E-state index contributed by atoms with van der Waals surface area (Å²) in [5.41, 5.74) is 2.08. The second kappa shape index (κ2) is 2.24. The molecule has 0 bridgehead atoms. The Balaban J connectivity index is 2.52. The van der Waals surface area contributed by atoms with Crippen LogP contribution in [0.1, 0.15) is 17.2 Å². The molecule has 0 saturated heterocycles. The number of benzene rings is 1. The minimum absolute atomic E-state index is 0.402. The van der Waals surface area contributed by atoms with Crippen LogP contribution in [0.25, 0.3) is 0 Å². The number of ether oxygens (including phenoxy) is 1. The van der Waals surface area contributed by atoms with Gasteiger partial charge in [-0.15, -0.1) is 0 Å². The van der Waals surface area contributed by atoms with Gasteiger partial charge in [0.15, 0.2) is 0 Å². The van der Waals surface area contributed by atoms with E-state index in [1.807, 2.05) is 25.1 Å². The van der Waals surface area contributed by atoms with Gasteiger partial charge in [0, 0.05) is 5.56 Å². The molecule has 1 N–H and O–H groups in total. The Labute approximate surface area is 65.4 Å². The van der Waals surface area contributed by atoms with E-state index in [0.29, 0.717) is 6.61 Å². The Morgan fingerprint density at radius 1 is 1.55 bits per heavy atom. The van der Waals surface area contributed by atoms with E-state index in [-0.39, 0.29) is 0 Å². The summed E-state index contributed by atoms with van der Waals surface area (Å²) in [6.45, 7) is 2.41. The third kappa shape index (κ3) is 0.994. The number of hydrogen-bond acceptors (Lipinski definition) is 2. The molecule has 0 aliphatic carbocycles. The van der Waals surface area contributed by atoms with Crippen molar-refractivity contribution in [3.8, 4) is 5.75 Å². The van der Waals surface area contributed by atoms with Crippen molar-refractivity contribution in [2.45, 2.75) is 13.0 Å². The molecule has 1 aromatic rings. The predicted octanol–water partition coefficient (Wildman–Crippen LogP) is 1.42. The third-order valence-corrected chi connectivity index (χ3v) is 1.92. The first-order valence-electron chi connectivity index (χ1n) is 3.69. The number of aliphatic hydroxyl groups is 1. The molecule has 11 heavy (non-hydrogen) atoms. The molecule has 2 nitrogen and oxygen atoms in total. The van der Waals surface area contributed by atoms with Crippen LogP contribution >= 0.6 is 0 Å². The van der Waals surface area contributed by atoms with Gasteiger partial charge in [-0.3, -0.25) is 0 Å². The van der Waals surface area contributed by atoms with Crippen LogP contribution in [0.15, 0.2) is 18.2 Å². The van der Waals surface area contributed by atoms with E-state index in [4.69, 9.17) is 4.74 Å². The summed E-state index contributed by atoms with van der Waals surface area (Å²) in [6, 6.07) is 5.85. The Morgan fingerprint density at radius 2 is 2.36 bits per heavy atom. The highest BCUT2D eigenvalue weighted by Crippen LogP contribution is 2.32. The van der Waals surface area contributed by atoms with Gasteiger partial charge in [-0.05, 0) is 19.1 Å². The van der Waals surface area contributed by atoms with Crippen LogP contribution in [0.4, 0.5) is 0 Å². The van der Waals surface area contributed by atoms with E-state index >= 15 is 0 Å². The minimum Gasteiger partial charge on any atom is -0.490 e. The molecule has 0 aromatic heterocycles. The van der Waals surface area contributed by atoms with E-state index in [1.165, 1.54) is 0 Å². The van der Waals surface area contributed by atoms with Gasteiger partial charge in [-0.25, -0.2) is 0 Å². The Hall–Kier alpha value is -1.02. The summed E-state index contributed by atoms with van der Waals surface area (Å²) in [6.07, 6.45) is -0.426. The molecule has 2 rings (SSSR count). The first kappa shape index (κ1) is 6.68. The molecular formula is C9H10O2. The van der Waals surface area contributed by atoms with Crippen LogP contribution in [0.3, 0.4) is 0 Å². The molecule has 0 saturated carbocycles. The number of fused-ring (bicyclic) bond motifs is 1. The van der Waals surface area contributed by atoms with Gasteiger partial charge < -0.3 is 9.84 Å². The summed E-state index contributed by atoms with van der Waals surface area (Å²) in [5, 5.41) is 9.38. The zero-order chi connectivity index (χ0) is 7.84. The highest BCUT2D eigenvalue weighted by Gasteiger charge is 2.20. The zero-order valence-corrected chi connectivity index (χ0v) is 6.37. The summed E-state index contributed by atoms with van der Waals surface area (Å²) >= 11 is 0. The van der Waals surface area contributed by atoms with Crippen LogP contribution in [0.2, 0.25) is 0 Å². The molecule has 1 atom stereocenters. The van der Waals surface area contributed by atoms with Crippen LogP contribution < -0.4 is 4.74 Å². The zero-order valence-electron chi connectivity index (χ0n) is 6.37. The molecule has 0 radical (unpaired) electrons. The van der Waals surface area contributed by atoms with Crippen molar-refractivity contribution in [3.63, 3.8) is 0 Å².